The van der Waals surface area contributed by atoms with Crippen LogP contribution in [0.4, 0.5) is 4.39 Å². The van der Waals surface area contributed by atoms with Gasteiger partial charge in [0.05, 0.1) is 0 Å². The zero-order valence-corrected chi connectivity index (χ0v) is 12.2. The highest BCUT2D eigenvalue weighted by atomic mass is 32.1. The fraction of sp³-hybridized carbons (Fsp3) is 0.533. The molecule has 2 rings (SSSR count). The molecule has 0 spiro atoms. The second-order valence-corrected chi connectivity index (χ2v) is 5.73. The monoisotopic (exact) mass is 280 g/mol. The van der Waals surface area contributed by atoms with Gasteiger partial charge in [-0.2, -0.15) is 0 Å². The number of hydrogen-bond donors (Lipinski definition) is 1. The fourth-order valence-corrected chi connectivity index (χ4v) is 2.92. The summed E-state index contributed by atoms with van der Waals surface area (Å²) in [5.41, 5.74) is 6.59. The first-order valence-electron chi connectivity index (χ1n) is 6.91. The average molecular weight is 280 g/mol. The molecule has 1 fully saturated rings. The SMILES string of the molecule is CCC1CCCN(Cc2cccc(C(N)=S)c2F)C1. The summed E-state index contributed by atoms with van der Waals surface area (Å²) in [6, 6.07) is 5.30. The van der Waals surface area contributed by atoms with E-state index in [1.807, 2.05) is 12.1 Å². The van der Waals surface area contributed by atoms with Crippen LogP contribution in [0.25, 0.3) is 0 Å². The minimum absolute atomic E-state index is 0.129. The quantitative estimate of drug-likeness (QED) is 0.859. The number of hydrogen-bond acceptors (Lipinski definition) is 2. The van der Waals surface area contributed by atoms with Gasteiger partial charge >= 0.3 is 0 Å². The number of nitrogens with two attached hydrogens (primary N) is 1. The van der Waals surface area contributed by atoms with Crippen molar-refractivity contribution >= 4 is 17.2 Å². The third-order valence-electron chi connectivity index (χ3n) is 3.92. The second kappa shape index (κ2) is 6.44. The zero-order valence-electron chi connectivity index (χ0n) is 11.4. The largest absolute Gasteiger partial charge is 0.389 e. The molecule has 1 atom stereocenters. The van der Waals surface area contributed by atoms with Crippen molar-refractivity contribution in [3.63, 3.8) is 0 Å². The van der Waals surface area contributed by atoms with Crippen molar-refractivity contribution in [3.05, 3.63) is 35.1 Å². The van der Waals surface area contributed by atoms with E-state index in [1.54, 1.807) is 6.07 Å². The standard InChI is InChI=1S/C15H21FN2S/c1-2-11-5-4-8-18(9-11)10-12-6-3-7-13(14(12)16)15(17)19/h3,6-7,11H,2,4-5,8-10H2,1H3,(H2,17,19). The number of nitrogens with zero attached hydrogens (tertiary/aromatic N) is 1. The normalized spacial score (nSPS) is 20.4. The first kappa shape index (κ1) is 14.4. The van der Waals surface area contributed by atoms with Crippen molar-refractivity contribution < 1.29 is 4.39 Å². The van der Waals surface area contributed by atoms with E-state index in [0.29, 0.717) is 17.7 Å². The molecule has 0 radical (unpaired) electrons. The van der Waals surface area contributed by atoms with Crippen LogP contribution in [0.3, 0.4) is 0 Å². The Morgan fingerprint density at radius 2 is 2.32 bits per heavy atom. The van der Waals surface area contributed by atoms with Crippen molar-refractivity contribution in [3.8, 4) is 0 Å². The van der Waals surface area contributed by atoms with Crippen LogP contribution in [-0.2, 0) is 6.54 Å². The zero-order chi connectivity index (χ0) is 13.8. The molecule has 4 heteroatoms. The molecule has 0 aliphatic carbocycles. The van der Waals surface area contributed by atoms with Crippen LogP contribution < -0.4 is 5.73 Å². The van der Waals surface area contributed by atoms with Gasteiger partial charge in [0.25, 0.3) is 0 Å². The number of likely N-dealkylation sites (tertiary alicyclic amines) is 1. The van der Waals surface area contributed by atoms with Gasteiger partial charge in [-0.15, -0.1) is 0 Å². The molecule has 104 valence electrons. The van der Waals surface area contributed by atoms with Gasteiger partial charge in [0, 0.05) is 24.2 Å². The van der Waals surface area contributed by atoms with Gasteiger partial charge < -0.3 is 5.73 Å². The van der Waals surface area contributed by atoms with Crippen LogP contribution in [0.1, 0.15) is 37.3 Å². The van der Waals surface area contributed by atoms with Gasteiger partial charge in [0.2, 0.25) is 0 Å². The Labute approximate surface area is 119 Å². The summed E-state index contributed by atoms with van der Waals surface area (Å²) in [5.74, 6) is 0.490. The van der Waals surface area contributed by atoms with E-state index in [0.717, 1.165) is 19.0 Å². The summed E-state index contributed by atoms with van der Waals surface area (Å²) in [5, 5.41) is 0. The Balaban J connectivity index is 2.10. The van der Waals surface area contributed by atoms with Gasteiger partial charge in [-0.05, 0) is 31.4 Å². The maximum atomic E-state index is 14.3. The van der Waals surface area contributed by atoms with Crippen molar-refractivity contribution in [2.45, 2.75) is 32.7 Å². The Morgan fingerprint density at radius 3 is 3.00 bits per heavy atom. The highest BCUT2D eigenvalue weighted by Crippen LogP contribution is 2.22. The third kappa shape index (κ3) is 3.51. The van der Waals surface area contributed by atoms with Gasteiger partial charge in [0.15, 0.2) is 0 Å². The molecular weight excluding hydrogens is 259 g/mol. The van der Waals surface area contributed by atoms with Gasteiger partial charge in [-0.3, -0.25) is 4.90 Å². The first-order chi connectivity index (χ1) is 9.11. The summed E-state index contributed by atoms with van der Waals surface area (Å²) >= 11 is 4.88. The number of thiocarbonyl (C=S) groups is 1. The molecule has 2 nitrogen and oxygen atoms in total. The molecule has 0 amide bonds. The minimum atomic E-state index is -0.256. The van der Waals surface area contributed by atoms with Crippen molar-refractivity contribution in [2.24, 2.45) is 11.7 Å². The molecule has 0 saturated carbocycles. The molecular formula is C15H21FN2S. The third-order valence-corrected chi connectivity index (χ3v) is 4.14. The molecule has 0 bridgehead atoms. The van der Waals surface area contributed by atoms with E-state index in [1.165, 1.54) is 19.3 Å². The first-order valence-corrected chi connectivity index (χ1v) is 7.32. The number of halogens is 1. The van der Waals surface area contributed by atoms with Crippen molar-refractivity contribution in [1.29, 1.82) is 0 Å². The van der Waals surface area contributed by atoms with E-state index >= 15 is 0 Å². The Bertz CT molecular complexity index is 461. The second-order valence-electron chi connectivity index (χ2n) is 5.29. The maximum Gasteiger partial charge on any atom is 0.137 e. The van der Waals surface area contributed by atoms with Crippen LogP contribution in [0.2, 0.25) is 0 Å². The predicted molar refractivity (Wildman–Crippen MR) is 80.6 cm³/mol. The lowest BCUT2D eigenvalue weighted by atomic mass is 9.95. The van der Waals surface area contributed by atoms with E-state index in [-0.39, 0.29) is 10.8 Å². The van der Waals surface area contributed by atoms with E-state index in [9.17, 15) is 4.39 Å². The summed E-state index contributed by atoms with van der Waals surface area (Å²) in [4.78, 5) is 2.46. The molecule has 1 unspecified atom stereocenters. The molecule has 1 aliphatic rings. The lowest BCUT2D eigenvalue weighted by molar-refractivity contribution is 0.163. The van der Waals surface area contributed by atoms with E-state index in [2.05, 4.69) is 11.8 Å². The molecule has 1 heterocycles. The molecule has 1 saturated heterocycles. The highest BCUT2D eigenvalue weighted by Gasteiger charge is 2.20. The minimum Gasteiger partial charge on any atom is -0.389 e. The summed E-state index contributed by atoms with van der Waals surface area (Å²) in [6.07, 6.45) is 3.70. The van der Waals surface area contributed by atoms with Crippen molar-refractivity contribution in [2.75, 3.05) is 13.1 Å². The summed E-state index contributed by atoms with van der Waals surface area (Å²) < 4.78 is 14.3. The Kier molecular flexibility index (Phi) is 4.88. The van der Waals surface area contributed by atoms with Gasteiger partial charge in [-0.25, -0.2) is 4.39 Å². The lowest BCUT2D eigenvalue weighted by Gasteiger charge is -2.32. The summed E-state index contributed by atoms with van der Waals surface area (Å²) in [6.45, 7) is 4.99. The summed E-state index contributed by atoms with van der Waals surface area (Å²) in [7, 11) is 0. The average Bonchev–Trinajstić information content (AvgIpc) is 2.41. The molecule has 0 aromatic heterocycles. The Hall–Kier alpha value is -1.00. The smallest absolute Gasteiger partial charge is 0.137 e. The predicted octanol–water partition coefficient (Wildman–Crippen LogP) is 3.08. The highest BCUT2D eigenvalue weighted by molar-refractivity contribution is 7.80. The van der Waals surface area contributed by atoms with Gasteiger partial charge in [0.1, 0.15) is 10.8 Å². The van der Waals surface area contributed by atoms with Crippen LogP contribution in [0.15, 0.2) is 18.2 Å². The number of rotatable bonds is 4. The van der Waals surface area contributed by atoms with E-state index in [4.69, 9.17) is 18.0 Å². The number of benzene rings is 1. The van der Waals surface area contributed by atoms with Crippen LogP contribution in [0, 0.1) is 11.7 Å². The van der Waals surface area contributed by atoms with Crippen LogP contribution >= 0.6 is 12.2 Å². The van der Waals surface area contributed by atoms with Crippen molar-refractivity contribution in [1.82, 2.24) is 4.90 Å². The molecule has 2 N–H and O–H groups in total. The number of piperidine rings is 1. The molecule has 1 aromatic rings. The molecule has 1 aliphatic heterocycles. The lowest BCUT2D eigenvalue weighted by Crippen LogP contribution is -2.35. The topological polar surface area (TPSA) is 29.3 Å². The van der Waals surface area contributed by atoms with Crippen LogP contribution in [-0.4, -0.2) is 23.0 Å². The van der Waals surface area contributed by atoms with E-state index < -0.39 is 0 Å². The molecule has 1 aromatic carbocycles. The maximum absolute atomic E-state index is 14.3. The van der Waals surface area contributed by atoms with Gasteiger partial charge in [-0.1, -0.05) is 37.7 Å². The Morgan fingerprint density at radius 1 is 1.53 bits per heavy atom. The van der Waals surface area contributed by atoms with Crippen LogP contribution in [0.5, 0.6) is 0 Å². The fourth-order valence-electron chi connectivity index (χ4n) is 2.76. The molecule has 19 heavy (non-hydrogen) atoms.